The summed E-state index contributed by atoms with van der Waals surface area (Å²) in [6.07, 6.45) is 0. The van der Waals surface area contributed by atoms with Crippen LogP contribution in [0.5, 0.6) is 5.75 Å². The first kappa shape index (κ1) is 22.8. The summed E-state index contributed by atoms with van der Waals surface area (Å²) in [7, 11) is 0. The van der Waals surface area contributed by atoms with E-state index in [1.165, 1.54) is 29.2 Å². The van der Waals surface area contributed by atoms with Crippen LogP contribution < -0.4 is 15.0 Å². The average molecular weight is 420 g/mol. The molecule has 2 aromatic carbocycles. The maximum Gasteiger partial charge on any atom is 0.387 e. The van der Waals surface area contributed by atoms with Crippen molar-refractivity contribution in [3.63, 3.8) is 0 Å². The number of nitrogens with zero attached hydrogens (tertiary/aromatic N) is 1. The van der Waals surface area contributed by atoms with Crippen LogP contribution in [0.2, 0.25) is 0 Å². The zero-order valence-corrected chi connectivity index (χ0v) is 16.5. The summed E-state index contributed by atoms with van der Waals surface area (Å²) in [5.41, 5.74) is 0.509. The minimum Gasteiger partial charge on any atom is -0.454 e. The molecule has 1 N–H and O–H groups in total. The van der Waals surface area contributed by atoms with Gasteiger partial charge < -0.3 is 19.7 Å². The number of ether oxygens (including phenoxy) is 2. The Morgan fingerprint density at radius 1 is 1.00 bits per heavy atom. The van der Waals surface area contributed by atoms with Crippen molar-refractivity contribution >= 4 is 23.5 Å². The molecule has 9 heteroatoms. The van der Waals surface area contributed by atoms with Crippen molar-refractivity contribution in [3.8, 4) is 5.75 Å². The summed E-state index contributed by atoms with van der Waals surface area (Å²) in [5.74, 6) is -2.38. The highest BCUT2D eigenvalue weighted by Gasteiger charge is 2.21. The minimum atomic E-state index is -3.09. The Balaban J connectivity index is 1.89. The van der Waals surface area contributed by atoms with Crippen LogP contribution in [-0.2, 0) is 14.3 Å². The maximum atomic E-state index is 12.5. The quantitative estimate of drug-likeness (QED) is 0.631. The van der Waals surface area contributed by atoms with Gasteiger partial charge in [-0.05, 0) is 38.1 Å². The first-order valence-corrected chi connectivity index (χ1v) is 9.14. The number of para-hydroxylation sites is 2. The number of esters is 1. The average Bonchev–Trinajstić information content (AvgIpc) is 2.71. The molecule has 160 valence electrons. The predicted octanol–water partition coefficient (Wildman–Crippen LogP) is 3.00. The van der Waals surface area contributed by atoms with Crippen LogP contribution >= 0.6 is 0 Å². The van der Waals surface area contributed by atoms with Gasteiger partial charge in [0.1, 0.15) is 12.3 Å². The highest BCUT2D eigenvalue weighted by atomic mass is 19.3. The van der Waals surface area contributed by atoms with Gasteiger partial charge in [0.25, 0.3) is 11.8 Å². The van der Waals surface area contributed by atoms with E-state index in [0.717, 1.165) is 0 Å². The van der Waals surface area contributed by atoms with Gasteiger partial charge in [-0.15, -0.1) is 0 Å². The maximum absolute atomic E-state index is 12.5. The van der Waals surface area contributed by atoms with Crippen LogP contribution in [0.4, 0.5) is 14.5 Å². The van der Waals surface area contributed by atoms with E-state index in [1.54, 1.807) is 24.3 Å². The molecule has 2 amide bonds. The number of carbonyl (C=O) groups excluding carboxylic acids is 3. The number of carbonyl (C=O) groups is 3. The summed E-state index contributed by atoms with van der Waals surface area (Å²) in [4.78, 5) is 38.0. The lowest BCUT2D eigenvalue weighted by atomic mass is 10.2. The van der Waals surface area contributed by atoms with Gasteiger partial charge in [-0.1, -0.05) is 30.3 Å². The summed E-state index contributed by atoms with van der Waals surface area (Å²) < 4.78 is 34.1. The Morgan fingerprint density at radius 2 is 1.63 bits per heavy atom. The standard InChI is InChI=1S/C21H22F2N2O5/c1-14(2)25(15-8-4-3-5-9-15)18(26)13-29-19(27)12-24-20(28)16-10-6-7-11-17(16)30-21(22)23/h3-11,14,21H,12-13H2,1-2H3,(H,24,28). The number of hydrogen-bond donors (Lipinski definition) is 1. The van der Waals surface area contributed by atoms with Crippen LogP contribution in [0.25, 0.3) is 0 Å². The Bertz CT molecular complexity index is 875. The van der Waals surface area contributed by atoms with Crippen LogP contribution in [-0.4, -0.2) is 43.6 Å². The van der Waals surface area contributed by atoms with E-state index in [-0.39, 0.29) is 17.4 Å². The molecule has 0 aliphatic rings. The van der Waals surface area contributed by atoms with E-state index in [4.69, 9.17) is 4.74 Å². The van der Waals surface area contributed by atoms with E-state index in [2.05, 4.69) is 10.1 Å². The Labute approximate surface area is 172 Å². The second-order valence-corrected chi connectivity index (χ2v) is 6.41. The number of alkyl halides is 2. The third-order valence-corrected chi connectivity index (χ3v) is 3.92. The second-order valence-electron chi connectivity index (χ2n) is 6.41. The lowest BCUT2D eigenvalue weighted by Crippen LogP contribution is -2.40. The van der Waals surface area contributed by atoms with Gasteiger partial charge in [-0.3, -0.25) is 14.4 Å². The number of hydrogen-bond acceptors (Lipinski definition) is 5. The smallest absolute Gasteiger partial charge is 0.387 e. The van der Waals surface area contributed by atoms with Crippen molar-refractivity contribution in [1.82, 2.24) is 5.32 Å². The number of nitrogens with one attached hydrogen (secondary N) is 1. The molecule has 0 aliphatic heterocycles. The van der Waals surface area contributed by atoms with E-state index in [9.17, 15) is 23.2 Å². The van der Waals surface area contributed by atoms with Crippen molar-refractivity contribution in [1.29, 1.82) is 0 Å². The number of halogens is 2. The SMILES string of the molecule is CC(C)N(C(=O)COC(=O)CNC(=O)c1ccccc1OC(F)F)c1ccccc1. The molecule has 0 aromatic heterocycles. The molecule has 0 aliphatic carbocycles. The van der Waals surface area contributed by atoms with Gasteiger partial charge in [-0.25, -0.2) is 0 Å². The van der Waals surface area contributed by atoms with Crippen molar-refractivity contribution in [2.24, 2.45) is 0 Å². The summed E-state index contributed by atoms with van der Waals surface area (Å²) in [5, 5.41) is 2.26. The molecule has 0 radical (unpaired) electrons. The molecule has 0 heterocycles. The zero-order chi connectivity index (χ0) is 22.1. The second kappa shape index (κ2) is 10.9. The molecule has 0 saturated carbocycles. The lowest BCUT2D eigenvalue weighted by molar-refractivity contribution is -0.146. The molecular weight excluding hydrogens is 398 g/mol. The molecule has 0 unspecified atom stereocenters. The highest BCUT2D eigenvalue weighted by molar-refractivity contribution is 5.99. The van der Waals surface area contributed by atoms with Crippen molar-refractivity contribution in [3.05, 3.63) is 60.2 Å². The van der Waals surface area contributed by atoms with E-state index in [1.807, 2.05) is 19.9 Å². The number of amides is 2. The molecule has 0 spiro atoms. The third-order valence-electron chi connectivity index (χ3n) is 3.92. The highest BCUT2D eigenvalue weighted by Crippen LogP contribution is 2.20. The molecule has 0 fully saturated rings. The van der Waals surface area contributed by atoms with Gasteiger partial charge in [0, 0.05) is 11.7 Å². The minimum absolute atomic E-state index is 0.156. The molecule has 0 bridgehead atoms. The Hall–Kier alpha value is -3.49. The largest absolute Gasteiger partial charge is 0.454 e. The van der Waals surface area contributed by atoms with Crippen molar-refractivity contribution in [2.75, 3.05) is 18.1 Å². The molecule has 0 atom stereocenters. The summed E-state index contributed by atoms with van der Waals surface area (Å²) in [6, 6.07) is 14.1. The summed E-state index contributed by atoms with van der Waals surface area (Å²) >= 11 is 0. The Kier molecular flexibility index (Phi) is 8.28. The molecule has 30 heavy (non-hydrogen) atoms. The van der Waals surface area contributed by atoms with E-state index >= 15 is 0 Å². The van der Waals surface area contributed by atoms with Gasteiger partial charge in [-0.2, -0.15) is 8.78 Å². The Morgan fingerprint density at radius 3 is 2.27 bits per heavy atom. The topological polar surface area (TPSA) is 84.9 Å². The van der Waals surface area contributed by atoms with Gasteiger partial charge in [0.2, 0.25) is 0 Å². The van der Waals surface area contributed by atoms with E-state index < -0.39 is 37.5 Å². The van der Waals surface area contributed by atoms with Crippen molar-refractivity contribution < 1.29 is 32.6 Å². The number of rotatable bonds is 9. The van der Waals surface area contributed by atoms with Crippen molar-refractivity contribution in [2.45, 2.75) is 26.5 Å². The van der Waals surface area contributed by atoms with E-state index in [0.29, 0.717) is 5.69 Å². The fraction of sp³-hybridized carbons (Fsp3) is 0.286. The molecule has 2 rings (SSSR count). The fourth-order valence-electron chi connectivity index (χ4n) is 2.68. The van der Waals surface area contributed by atoms with Crippen LogP contribution in [0.15, 0.2) is 54.6 Å². The first-order valence-electron chi connectivity index (χ1n) is 9.14. The van der Waals surface area contributed by atoms with Crippen LogP contribution in [0.3, 0.4) is 0 Å². The molecule has 2 aromatic rings. The third kappa shape index (κ3) is 6.54. The zero-order valence-electron chi connectivity index (χ0n) is 16.5. The first-order chi connectivity index (χ1) is 14.3. The van der Waals surface area contributed by atoms with Gasteiger partial charge in [0.15, 0.2) is 6.61 Å². The predicted molar refractivity (Wildman–Crippen MR) is 105 cm³/mol. The summed E-state index contributed by atoms with van der Waals surface area (Å²) in [6.45, 7) is -0.490. The van der Waals surface area contributed by atoms with Crippen LogP contribution in [0, 0.1) is 0 Å². The normalized spacial score (nSPS) is 10.6. The molecule has 7 nitrogen and oxygen atoms in total. The van der Waals surface area contributed by atoms with Crippen LogP contribution in [0.1, 0.15) is 24.2 Å². The number of anilines is 1. The van der Waals surface area contributed by atoms with Gasteiger partial charge in [0.05, 0.1) is 5.56 Å². The monoisotopic (exact) mass is 420 g/mol. The van der Waals surface area contributed by atoms with Gasteiger partial charge >= 0.3 is 12.6 Å². The molecule has 0 saturated heterocycles. The molecular formula is C21H22F2N2O5. The fourth-order valence-corrected chi connectivity index (χ4v) is 2.68. The lowest BCUT2D eigenvalue weighted by Gasteiger charge is -2.26. The number of benzene rings is 2.